The highest BCUT2D eigenvalue weighted by molar-refractivity contribution is 9.10. The molecule has 0 N–H and O–H groups in total. The number of halogens is 4. The highest BCUT2D eigenvalue weighted by Gasteiger charge is 2.16. The molecule has 0 aliphatic rings. The monoisotopic (exact) mass is 271 g/mol. The van der Waals surface area contributed by atoms with Gasteiger partial charge in [-0.1, -0.05) is 11.6 Å². The average molecular weight is 272 g/mol. The van der Waals surface area contributed by atoms with Gasteiger partial charge in [-0.3, -0.25) is 0 Å². The summed E-state index contributed by atoms with van der Waals surface area (Å²) in [5, 5.41) is 0.0544. The number of rotatable bonds is 2. The Morgan fingerprint density at radius 3 is 2.69 bits per heavy atom. The molecule has 0 saturated heterocycles. The molecule has 0 aliphatic carbocycles. The maximum atomic E-state index is 12.3. The summed E-state index contributed by atoms with van der Waals surface area (Å²) in [6.07, 6.45) is -2.60. The Morgan fingerprint density at radius 2 is 2.23 bits per heavy atom. The third-order valence-electron chi connectivity index (χ3n) is 1.38. The van der Waals surface area contributed by atoms with Gasteiger partial charge >= 0.3 is 0 Å². The Labute approximate surface area is 87.0 Å². The van der Waals surface area contributed by atoms with E-state index >= 15 is 0 Å². The van der Waals surface area contributed by atoms with Crippen molar-refractivity contribution < 1.29 is 13.5 Å². The lowest BCUT2D eigenvalue weighted by Gasteiger charge is -2.06. The van der Waals surface area contributed by atoms with Crippen LogP contribution in [-0.4, -0.2) is 12.1 Å². The SMILES string of the molecule is COc1cc(C(F)F)c(Br)nc1Cl. The van der Waals surface area contributed by atoms with Crippen LogP contribution in [0.5, 0.6) is 5.75 Å². The molecule has 0 spiro atoms. The van der Waals surface area contributed by atoms with E-state index in [1.54, 1.807) is 0 Å². The zero-order valence-electron chi connectivity index (χ0n) is 6.52. The maximum Gasteiger partial charge on any atom is 0.266 e. The first-order valence-electron chi connectivity index (χ1n) is 3.24. The predicted molar refractivity (Wildman–Crippen MR) is 48.5 cm³/mol. The summed E-state index contributed by atoms with van der Waals surface area (Å²) in [4.78, 5) is 3.64. The van der Waals surface area contributed by atoms with E-state index in [4.69, 9.17) is 16.3 Å². The van der Waals surface area contributed by atoms with Crippen molar-refractivity contribution in [3.8, 4) is 5.75 Å². The van der Waals surface area contributed by atoms with Crippen molar-refractivity contribution >= 4 is 27.5 Å². The molecule has 6 heteroatoms. The van der Waals surface area contributed by atoms with E-state index in [2.05, 4.69) is 20.9 Å². The fourth-order valence-electron chi connectivity index (χ4n) is 0.762. The van der Waals surface area contributed by atoms with Gasteiger partial charge < -0.3 is 4.74 Å². The van der Waals surface area contributed by atoms with Gasteiger partial charge in [0.1, 0.15) is 4.60 Å². The van der Waals surface area contributed by atoms with Gasteiger partial charge in [0.2, 0.25) is 0 Å². The molecular formula is C7H5BrClF2NO. The molecular weight excluding hydrogens is 267 g/mol. The lowest BCUT2D eigenvalue weighted by Crippen LogP contribution is -1.94. The van der Waals surface area contributed by atoms with Gasteiger partial charge in [0.05, 0.1) is 12.7 Å². The van der Waals surface area contributed by atoms with Crippen molar-refractivity contribution in [2.45, 2.75) is 6.43 Å². The van der Waals surface area contributed by atoms with Crippen LogP contribution in [0.4, 0.5) is 8.78 Å². The summed E-state index contributed by atoms with van der Waals surface area (Å²) in [6, 6.07) is 1.16. The number of aromatic nitrogens is 1. The van der Waals surface area contributed by atoms with Crippen LogP contribution in [0.3, 0.4) is 0 Å². The topological polar surface area (TPSA) is 22.1 Å². The maximum absolute atomic E-state index is 12.3. The van der Waals surface area contributed by atoms with E-state index in [1.165, 1.54) is 7.11 Å². The van der Waals surface area contributed by atoms with Gasteiger partial charge in [-0.2, -0.15) is 0 Å². The first-order valence-corrected chi connectivity index (χ1v) is 4.41. The molecule has 13 heavy (non-hydrogen) atoms. The largest absolute Gasteiger partial charge is 0.494 e. The average Bonchev–Trinajstić information content (AvgIpc) is 2.03. The fourth-order valence-corrected chi connectivity index (χ4v) is 1.55. The summed E-state index contributed by atoms with van der Waals surface area (Å²) in [5.41, 5.74) is -0.235. The number of methoxy groups -OCH3 is 1. The number of hydrogen-bond acceptors (Lipinski definition) is 2. The number of hydrogen-bond donors (Lipinski definition) is 0. The molecule has 0 aliphatic heterocycles. The van der Waals surface area contributed by atoms with Crippen molar-refractivity contribution in [3.05, 3.63) is 21.4 Å². The van der Waals surface area contributed by atoms with Crippen LogP contribution in [0.1, 0.15) is 12.0 Å². The molecule has 0 fully saturated rings. The van der Waals surface area contributed by atoms with Crippen LogP contribution in [0.2, 0.25) is 5.15 Å². The molecule has 72 valence electrons. The molecule has 1 rings (SSSR count). The Balaban J connectivity index is 3.22. The first kappa shape index (κ1) is 10.7. The van der Waals surface area contributed by atoms with Gasteiger partial charge in [0.15, 0.2) is 10.9 Å². The van der Waals surface area contributed by atoms with Gasteiger partial charge in [0.25, 0.3) is 6.43 Å². The molecule has 0 aromatic carbocycles. The van der Waals surface area contributed by atoms with E-state index < -0.39 is 6.43 Å². The molecule has 0 atom stereocenters. The molecule has 0 radical (unpaired) electrons. The zero-order chi connectivity index (χ0) is 10.0. The minimum Gasteiger partial charge on any atom is -0.494 e. The van der Waals surface area contributed by atoms with Crippen LogP contribution in [-0.2, 0) is 0 Å². The minimum atomic E-state index is -2.60. The van der Waals surface area contributed by atoms with Gasteiger partial charge in [-0.15, -0.1) is 0 Å². The molecule has 1 aromatic rings. The normalized spacial score (nSPS) is 10.6. The van der Waals surface area contributed by atoms with Crippen molar-refractivity contribution in [3.63, 3.8) is 0 Å². The van der Waals surface area contributed by atoms with Crippen LogP contribution in [0.25, 0.3) is 0 Å². The summed E-state index contributed by atoms with van der Waals surface area (Å²) < 4.78 is 29.4. The molecule has 0 bridgehead atoms. The Kier molecular flexibility index (Phi) is 3.44. The lowest BCUT2D eigenvalue weighted by atomic mass is 10.3. The third-order valence-corrected chi connectivity index (χ3v) is 2.29. The van der Waals surface area contributed by atoms with Crippen molar-refractivity contribution in [2.75, 3.05) is 7.11 Å². The molecule has 0 amide bonds. The first-order chi connectivity index (χ1) is 6.06. The van der Waals surface area contributed by atoms with Gasteiger partial charge in [-0.25, -0.2) is 13.8 Å². The lowest BCUT2D eigenvalue weighted by molar-refractivity contribution is 0.149. The number of nitrogens with zero attached hydrogens (tertiary/aromatic N) is 1. The van der Waals surface area contributed by atoms with E-state index in [1.807, 2.05) is 0 Å². The summed E-state index contributed by atoms with van der Waals surface area (Å²) in [5.74, 6) is 0.139. The van der Waals surface area contributed by atoms with E-state index in [-0.39, 0.29) is 21.1 Å². The molecule has 1 heterocycles. The Hall–Kier alpha value is -0.420. The zero-order valence-corrected chi connectivity index (χ0v) is 8.86. The van der Waals surface area contributed by atoms with Crippen molar-refractivity contribution in [2.24, 2.45) is 0 Å². The van der Waals surface area contributed by atoms with Gasteiger partial charge in [-0.05, 0) is 22.0 Å². The Bertz CT molecular complexity index is 322. The predicted octanol–water partition coefficient (Wildman–Crippen LogP) is 3.44. The third kappa shape index (κ3) is 2.28. The standard InChI is InChI=1S/C7H5BrClF2NO/c1-13-4-2-3(7(10)11)5(8)12-6(4)9/h2,7H,1H3. The van der Waals surface area contributed by atoms with Crippen LogP contribution < -0.4 is 4.74 Å². The van der Waals surface area contributed by atoms with E-state index in [0.717, 1.165) is 6.07 Å². The quantitative estimate of drug-likeness (QED) is 0.769. The van der Waals surface area contributed by atoms with E-state index in [0.29, 0.717) is 0 Å². The second-order valence-electron chi connectivity index (χ2n) is 2.16. The molecule has 0 saturated carbocycles. The van der Waals surface area contributed by atoms with Crippen molar-refractivity contribution in [1.29, 1.82) is 0 Å². The fraction of sp³-hybridized carbons (Fsp3) is 0.286. The number of pyridine rings is 1. The molecule has 1 aromatic heterocycles. The summed E-state index contributed by atoms with van der Waals surface area (Å²) >= 11 is 8.48. The highest BCUT2D eigenvalue weighted by atomic mass is 79.9. The van der Waals surface area contributed by atoms with Gasteiger partial charge in [0, 0.05) is 0 Å². The smallest absolute Gasteiger partial charge is 0.266 e. The second kappa shape index (κ2) is 4.19. The minimum absolute atomic E-state index is 0.0355. The Morgan fingerprint density at radius 1 is 1.62 bits per heavy atom. The highest BCUT2D eigenvalue weighted by Crippen LogP contribution is 2.32. The van der Waals surface area contributed by atoms with Crippen LogP contribution >= 0.6 is 27.5 Å². The number of alkyl halides is 2. The van der Waals surface area contributed by atoms with Crippen LogP contribution in [0.15, 0.2) is 10.7 Å². The molecule has 2 nitrogen and oxygen atoms in total. The number of ether oxygens (including phenoxy) is 1. The second-order valence-corrected chi connectivity index (χ2v) is 3.27. The van der Waals surface area contributed by atoms with E-state index in [9.17, 15) is 8.78 Å². The summed E-state index contributed by atoms with van der Waals surface area (Å²) in [6.45, 7) is 0. The summed E-state index contributed by atoms with van der Waals surface area (Å²) in [7, 11) is 1.34. The van der Waals surface area contributed by atoms with Crippen molar-refractivity contribution in [1.82, 2.24) is 4.98 Å². The molecule has 0 unspecified atom stereocenters. The van der Waals surface area contributed by atoms with Crippen LogP contribution in [0, 0.1) is 0 Å².